The molecule has 1 aromatic rings. The van der Waals surface area contributed by atoms with Crippen LogP contribution in [0.1, 0.15) is 88.1 Å². The van der Waals surface area contributed by atoms with Crippen LogP contribution in [0.5, 0.6) is 5.75 Å². The standard InChI is InChI=1S/C29H44N2O4/c1-19-16-21(28(32)30(6)7)8-15-27(19)34-25-13-11-24(12-14-25)33-26-17-22-9-10-23(18-26)31(22)20(2)35-29(3,4)5/h8,15-16,22-26H,2,9-14,17-18H2,1,3-7H3/t22-,23+,24?,25?,26?. The summed E-state index contributed by atoms with van der Waals surface area (Å²) >= 11 is 0. The fraction of sp³-hybridized carbons (Fsp3) is 0.690. The average Bonchev–Trinajstić information content (AvgIpc) is 3.05. The highest BCUT2D eigenvalue weighted by molar-refractivity contribution is 5.94. The minimum Gasteiger partial charge on any atom is -0.490 e. The zero-order valence-electron chi connectivity index (χ0n) is 22.5. The van der Waals surface area contributed by atoms with Crippen LogP contribution < -0.4 is 4.74 Å². The summed E-state index contributed by atoms with van der Waals surface area (Å²) in [6.07, 6.45) is 9.49. The Morgan fingerprint density at radius 2 is 1.57 bits per heavy atom. The highest BCUT2D eigenvalue weighted by atomic mass is 16.5. The molecule has 1 amide bonds. The van der Waals surface area contributed by atoms with Crippen LogP contribution in [0.2, 0.25) is 0 Å². The molecule has 1 unspecified atom stereocenters. The topological polar surface area (TPSA) is 51.2 Å². The molecule has 0 aromatic heterocycles. The summed E-state index contributed by atoms with van der Waals surface area (Å²) in [4.78, 5) is 16.2. The summed E-state index contributed by atoms with van der Waals surface area (Å²) in [5.41, 5.74) is 1.50. The van der Waals surface area contributed by atoms with E-state index >= 15 is 0 Å². The molecule has 1 saturated carbocycles. The lowest BCUT2D eigenvalue weighted by molar-refractivity contribution is -0.0911. The van der Waals surface area contributed by atoms with E-state index in [1.54, 1.807) is 19.0 Å². The van der Waals surface area contributed by atoms with Gasteiger partial charge in [0.15, 0.2) is 5.88 Å². The molecule has 4 rings (SSSR count). The van der Waals surface area contributed by atoms with Gasteiger partial charge in [-0.2, -0.15) is 0 Å². The molecule has 0 N–H and O–H groups in total. The monoisotopic (exact) mass is 484 g/mol. The van der Waals surface area contributed by atoms with Crippen LogP contribution in [-0.2, 0) is 9.47 Å². The van der Waals surface area contributed by atoms with Crippen molar-refractivity contribution in [3.05, 3.63) is 41.8 Å². The molecule has 6 nitrogen and oxygen atoms in total. The van der Waals surface area contributed by atoms with E-state index in [9.17, 15) is 4.79 Å². The van der Waals surface area contributed by atoms with Crippen molar-refractivity contribution in [1.29, 1.82) is 0 Å². The minimum atomic E-state index is -0.213. The van der Waals surface area contributed by atoms with Crippen molar-refractivity contribution in [2.45, 2.75) is 115 Å². The Hall–Kier alpha value is -2.21. The van der Waals surface area contributed by atoms with Crippen molar-refractivity contribution >= 4 is 5.91 Å². The van der Waals surface area contributed by atoms with Crippen LogP contribution in [0.25, 0.3) is 0 Å². The molecule has 2 aliphatic heterocycles. The molecule has 6 heteroatoms. The third-order valence-corrected chi connectivity index (χ3v) is 7.53. The second kappa shape index (κ2) is 10.4. The van der Waals surface area contributed by atoms with Crippen LogP contribution in [-0.4, -0.2) is 65.8 Å². The summed E-state index contributed by atoms with van der Waals surface area (Å²) in [5.74, 6) is 1.73. The number of aryl methyl sites for hydroxylation is 1. The zero-order chi connectivity index (χ0) is 25.3. The van der Waals surface area contributed by atoms with Crippen molar-refractivity contribution in [3.63, 3.8) is 0 Å². The number of benzene rings is 1. The lowest BCUT2D eigenvalue weighted by Crippen LogP contribution is -2.47. The summed E-state index contributed by atoms with van der Waals surface area (Å²) in [5, 5.41) is 0. The second-order valence-electron chi connectivity index (χ2n) is 11.8. The number of fused-ring (bicyclic) bond motifs is 2. The predicted molar refractivity (Wildman–Crippen MR) is 139 cm³/mol. The lowest BCUT2D eigenvalue weighted by atomic mass is 9.93. The normalized spacial score (nSPS) is 28.5. The van der Waals surface area contributed by atoms with E-state index in [1.807, 2.05) is 25.1 Å². The van der Waals surface area contributed by atoms with Gasteiger partial charge in [-0.25, -0.2) is 0 Å². The first-order valence-electron chi connectivity index (χ1n) is 13.3. The van der Waals surface area contributed by atoms with Gasteiger partial charge in [0.05, 0.1) is 18.3 Å². The van der Waals surface area contributed by atoms with Crippen LogP contribution in [0, 0.1) is 6.92 Å². The van der Waals surface area contributed by atoms with Crippen molar-refractivity contribution in [1.82, 2.24) is 9.80 Å². The number of nitrogens with zero attached hydrogens (tertiary/aromatic N) is 2. The number of piperidine rings is 1. The maximum atomic E-state index is 12.2. The smallest absolute Gasteiger partial charge is 0.253 e. The van der Waals surface area contributed by atoms with Gasteiger partial charge in [0.2, 0.25) is 0 Å². The Balaban J connectivity index is 1.24. The lowest BCUT2D eigenvalue weighted by Gasteiger charge is -2.43. The van der Waals surface area contributed by atoms with Gasteiger partial charge < -0.3 is 24.0 Å². The van der Waals surface area contributed by atoms with Gasteiger partial charge in [0, 0.05) is 31.7 Å². The van der Waals surface area contributed by atoms with Gasteiger partial charge in [-0.1, -0.05) is 0 Å². The van der Waals surface area contributed by atoms with E-state index in [4.69, 9.17) is 14.2 Å². The molecule has 1 aliphatic carbocycles. The van der Waals surface area contributed by atoms with E-state index in [-0.39, 0.29) is 17.6 Å². The Kier molecular flexibility index (Phi) is 7.70. The Labute approximate surface area is 211 Å². The largest absolute Gasteiger partial charge is 0.490 e. The number of hydrogen-bond acceptors (Lipinski definition) is 5. The van der Waals surface area contributed by atoms with E-state index < -0.39 is 0 Å². The molecule has 3 fully saturated rings. The van der Waals surface area contributed by atoms with E-state index in [2.05, 4.69) is 32.3 Å². The van der Waals surface area contributed by atoms with Crippen LogP contribution in [0.3, 0.4) is 0 Å². The summed E-state index contributed by atoms with van der Waals surface area (Å²) in [6, 6.07) is 6.70. The Morgan fingerprint density at radius 1 is 0.971 bits per heavy atom. The summed E-state index contributed by atoms with van der Waals surface area (Å²) in [7, 11) is 3.55. The molecular formula is C29H44N2O4. The number of rotatable bonds is 7. The summed E-state index contributed by atoms with van der Waals surface area (Å²) in [6.45, 7) is 12.5. The predicted octanol–water partition coefficient (Wildman–Crippen LogP) is 5.69. The highest BCUT2D eigenvalue weighted by Gasteiger charge is 2.43. The van der Waals surface area contributed by atoms with Crippen molar-refractivity contribution in [3.8, 4) is 5.75 Å². The average molecular weight is 485 g/mol. The summed E-state index contributed by atoms with van der Waals surface area (Å²) < 4.78 is 19.1. The molecule has 3 atom stereocenters. The zero-order valence-corrected chi connectivity index (χ0v) is 22.5. The quantitative estimate of drug-likeness (QED) is 0.466. The van der Waals surface area contributed by atoms with Gasteiger partial charge in [-0.3, -0.25) is 4.79 Å². The molecule has 2 heterocycles. The minimum absolute atomic E-state index is 0.0163. The number of ether oxygens (including phenoxy) is 3. The first-order valence-corrected chi connectivity index (χ1v) is 13.3. The fourth-order valence-corrected chi connectivity index (χ4v) is 5.96. The Morgan fingerprint density at radius 3 is 2.11 bits per heavy atom. The molecule has 2 saturated heterocycles. The van der Waals surface area contributed by atoms with Gasteiger partial charge in [0.25, 0.3) is 5.91 Å². The number of carbonyl (C=O) groups is 1. The van der Waals surface area contributed by atoms with Gasteiger partial charge in [-0.05, 0) is 109 Å². The molecule has 0 spiro atoms. The molecule has 0 radical (unpaired) electrons. The maximum Gasteiger partial charge on any atom is 0.253 e. The second-order valence-corrected chi connectivity index (χ2v) is 11.8. The Bertz CT molecular complexity index is 900. The molecule has 194 valence electrons. The molecule has 2 bridgehead atoms. The van der Waals surface area contributed by atoms with E-state index in [0.717, 1.165) is 55.7 Å². The van der Waals surface area contributed by atoms with Crippen LogP contribution in [0.4, 0.5) is 0 Å². The van der Waals surface area contributed by atoms with Crippen molar-refractivity contribution in [2.24, 2.45) is 0 Å². The van der Waals surface area contributed by atoms with Gasteiger partial charge in [-0.15, -0.1) is 0 Å². The van der Waals surface area contributed by atoms with Crippen LogP contribution >= 0.6 is 0 Å². The maximum absolute atomic E-state index is 12.2. The SMILES string of the molecule is C=C(OC(C)(C)C)N1[C@@H]2CC[C@H]1CC(OC1CCC(Oc3ccc(C(=O)N(C)C)cc3C)CC1)C2. The number of hydrogen-bond donors (Lipinski definition) is 0. The first kappa shape index (κ1) is 25.9. The number of amides is 1. The highest BCUT2D eigenvalue weighted by Crippen LogP contribution is 2.41. The fourth-order valence-electron chi connectivity index (χ4n) is 5.96. The molecule has 1 aromatic carbocycles. The van der Waals surface area contributed by atoms with Gasteiger partial charge >= 0.3 is 0 Å². The molecule has 3 aliphatic rings. The molecule has 35 heavy (non-hydrogen) atoms. The first-order chi connectivity index (χ1) is 16.5. The van der Waals surface area contributed by atoms with Crippen molar-refractivity contribution in [2.75, 3.05) is 14.1 Å². The van der Waals surface area contributed by atoms with Gasteiger partial charge in [0.1, 0.15) is 11.4 Å². The third kappa shape index (κ3) is 6.32. The van der Waals surface area contributed by atoms with Crippen LogP contribution in [0.15, 0.2) is 30.7 Å². The molecular weight excluding hydrogens is 440 g/mol. The van der Waals surface area contributed by atoms with E-state index in [1.165, 1.54) is 12.8 Å². The number of carbonyl (C=O) groups excluding carboxylic acids is 1. The third-order valence-electron chi connectivity index (χ3n) is 7.53. The van der Waals surface area contributed by atoms with E-state index in [0.29, 0.717) is 29.9 Å². The van der Waals surface area contributed by atoms with Crippen molar-refractivity contribution < 1.29 is 19.0 Å².